The first-order valence-electron chi connectivity index (χ1n) is 11.7. The highest BCUT2D eigenvalue weighted by atomic mass is 16.5. The van der Waals surface area contributed by atoms with Gasteiger partial charge in [-0.15, -0.1) is 0 Å². The first kappa shape index (κ1) is 25.4. The molecule has 0 bridgehead atoms. The lowest BCUT2D eigenvalue weighted by molar-refractivity contribution is -0.122. The summed E-state index contributed by atoms with van der Waals surface area (Å²) in [5, 5.41) is 5.02. The number of amides is 5. The largest absolute Gasteiger partial charge is 0.484 e. The lowest BCUT2D eigenvalue weighted by Crippen LogP contribution is -2.54. The molecule has 3 aromatic rings. The molecule has 37 heavy (non-hydrogen) atoms. The first-order valence-corrected chi connectivity index (χ1v) is 11.7. The predicted octanol–water partition coefficient (Wildman–Crippen LogP) is 4.60. The van der Waals surface area contributed by atoms with Gasteiger partial charge in [0.15, 0.2) is 6.61 Å². The molecular formula is C29H27N3O5. The number of carbonyl (C=O) groups is 4. The van der Waals surface area contributed by atoms with Crippen molar-refractivity contribution in [1.82, 2.24) is 5.32 Å². The Morgan fingerprint density at radius 3 is 2.35 bits per heavy atom. The van der Waals surface area contributed by atoms with Crippen molar-refractivity contribution in [3.63, 3.8) is 0 Å². The van der Waals surface area contributed by atoms with Crippen LogP contribution < -0.4 is 20.3 Å². The number of hydrogen-bond donors (Lipinski definition) is 2. The van der Waals surface area contributed by atoms with Crippen LogP contribution >= 0.6 is 0 Å². The summed E-state index contributed by atoms with van der Waals surface area (Å²) in [5.41, 5.74) is 5.33. The van der Waals surface area contributed by atoms with Crippen LogP contribution in [-0.4, -0.2) is 30.4 Å². The Balaban J connectivity index is 1.49. The molecule has 5 amide bonds. The Hall–Kier alpha value is -4.72. The Bertz CT molecular complexity index is 1440. The molecule has 0 spiro atoms. The van der Waals surface area contributed by atoms with Crippen LogP contribution in [0, 0.1) is 27.7 Å². The van der Waals surface area contributed by atoms with E-state index < -0.39 is 17.8 Å². The number of rotatable bonds is 6. The summed E-state index contributed by atoms with van der Waals surface area (Å²) in [6.07, 6.45) is 1.39. The van der Waals surface area contributed by atoms with Gasteiger partial charge in [0.2, 0.25) is 0 Å². The fourth-order valence-corrected chi connectivity index (χ4v) is 4.00. The Labute approximate surface area is 214 Å². The summed E-state index contributed by atoms with van der Waals surface area (Å²) < 4.78 is 5.62. The molecular weight excluding hydrogens is 470 g/mol. The molecule has 8 heteroatoms. The van der Waals surface area contributed by atoms with Crippen molar-refractivity contribution in [1.29, 1.82) is 0 Å². The van der Waals surface area contributed by atoms with Crippen molar-refractivity contribution in [3.05, 3.63) is 94.1 Å². The van der Waals surface area contributed by atoms with Gasteiger partial charge >= 0.3 is 6.03 Å². The first-order chi connectivity index (χ1) is 17.6. The van der Waals surface area contributed by atoms with E-state index in [0.717, 1.165) is 27.2 Å². The van der Waals surface area contributed by atoms with Crippen LogP contribution in [0.4, 0.5) is 16.2 Å². The average Bonchev–Trinajstić information content (AvgIpc) is 2.82. The van der Waals surface area contributed by atoms with E-state index in [9.17, 15) is 19.2 Å². The van der Waals surface area contributed by atoms with Crippen LogP contribution in [0.25, 0.3) is 6.08 Å². The van der Waals surface area contributed by atoms with Gasteiger partial charge in [-0.05, 0) is 98.0 Å². The third-order valence-electron chi connectivity index (χ3n) is 5.90. The number of benzene rings is 3. The molecule has 8 nitrogen and oxygen atoms in total. The van der Waals surface area contributed by atoms with E-state index in [2.05, 4.69) is 10.6 Å². The lowest BCUT2D eigenvalue weighted by atomic mass is 10.1. The molecule has 1 fully saturated rings. The second-order valence-electron chi connectivity index (χ2n) is 9.01. The SMILES string of the molecule is Cc1cc(C)cc(N2C(=O)NC(=O)C(=Cc3cccc(OCC(=O)Nc4ccc(C)c(C)c4)c3)C2=O)c1. The van der Waals surface area contributed by atoms with Crippen molar-refractivity contribution < 1.29 is 23.9 Å². The van der Waals surface area contributed by atoms with Gasteiger partial charge in [-0.1, -0.05) is 24.3 Å². The molecule has 1 aliphatic heterocycles. The fraction of sp³-hybridized carbons (Fsp3) is 0.172. The van der Waals surface area contributed by atoms with Gasteiger partial charge in [0, 0.05) is 5.69 Å². The maximum Gasteiger partial charge on any atom is 0.335 e. The molecule has 0 radical (unpaired) electrons. The van der Waals surface area contributed by atoms with Gasteiger partial charge in [-0.3, -0.25) is 19.7 Å². The third-order valence-corrected chi connectivity index (χ3v) is 5.90. The van der Waals surface area contributed by atoms with Gasteiger partial charge < -0.3 is 10.1 Å². The van der Waals surface area contributed by atoms with Crippen molar-refractivity contribution in [2.45, 2.75) is 27.7 Å². The summed E-state index contributed by atoms with van der Waals surface area (Å²) in [7, 11) is 0. The van der Waals surface area contributed by atoms with E-state index >= 15 is 0 Å². The molecule has 188 valence electrons. The molecule has 3 aromatic carbocycles. The number of aryl methyl sites for hydroxylation is 4. The van der Waals surface area contributed by atoms with Crippen molar-refractivity contribution in [2.24, 2.45) is 0 Å². The van der Waals surface area contributed by atoms with E-state index in [1.165, 1.54) is 6.08 Å². The summed E-state index contributed by atoms with van der Waals surface area (Å²) in [4.78, 5) is 51.5. The highest BCUT2D eigenvalue weighted by Crippen LogP contribution is 2.25. The van der Waals surface area contributed by atoms with Crippen molar-refractivity contribution in [3.8, 4) is 5.75 Å². The van der Waals surface area contributed by atoms with Crippen LogP contribution in [0.2, 0.25) is 0 Å². The topological polar surface area (TPSA) is 105 Å². The summed E-state index contributed by atoms with van der Waals surface area (Å²) in [6, 6.07) is 16.8. The zero-order valence-electron chi connectivity index (χ0n) is 21.0. The number of barbiturate groups is 1. The minimum atomic E-state index is -0.802. The second-order valence-corrected chi connectivity index (χ2v) is 9.01. The Kier molecular flexibility index (Phi) is 7.20. The standard InChI is InChI=1S/C29H27N3O5/c1-17-10-18(2)12-23(11-17)32-28(35)25(27(34)31-29(32)36)15-21-6-5-7-24(14-21)37-16-26(33)30-22-9-8-19(3)20(4)13-22/h5-15H,16H2,1-4H3,(H,30,33)(H,31,34,36). The normalized spacial score (nSPS) is 14.5. The molecule has 0 saturated carbocycles. The number of hydrogen-bond acceptors (Lipinski definition) is 5. The molecule has 4 rings (SSSR count). The van der Waals surface area contributed by atoms with Crippen LogP contribution in [-0.2, 0) is 14.4 Å². The minimum Gasteiger partial charge on any atom is -0.484 e. The number of nitrogens with zero attached hydrogens (tertiary/aromatic N) is 1. The lowest BCUT2D eigenvalue weighted by Gasteiger charge is -2.27. The van der Waals surface area contributed by atoms with Crippen LogP contribution in [0.3, 0.4) is 0 Å². The zero-order valence-corrected chi connectivity index (χ0v) is 21.0. The van der Waals surface area contributed by atoms with E-state index in [4.69, 9.17) is 4.74 Å². The summed E-state index contributed by atoms with van der Waals surface area (Å²) in [6.45, 7) is 7.46. The van der Waals surface area contributed by atoms with E-state index in [1.54, 1.807) is 36.4 Å². The van der Waals surface area contributed by atoms with Gasteiger partial charge in [0.25, 0.3) is 17.7 Å². The highest BCUT2D eigenvalue weighted by Gasteiger charge is 2.37. The van der Waals surface area contributed by atoms with Crippen LogP contribution in [0.5, 0.6) is 5.75 Å². The van der Waals surface area contributed by atoms with Gasteiger partial charge in [0.05, 0.1) is 5.69 Å². The van der Waals surface area contributed by atoms with Crippen LogP contribution in [0.1, 0.15) is 27.8 Å². The second kappa shape index (κ2) is 10.5. The fourth-order valence-electron chi connectivity index (χ4n) is 4.00. The molecule has 1 aliphatic rings. The maximum atomic E-state index is 13.2. The number of nitrogens with one attached hydrogen (secondary N) is 2. The average molecular weight is 498 g/mol. The summed E-state index contributed by atoms with van der Waals surface area (Å²) >= 11 is 0. The molecule has 1 heterocycles. The van der Waals surface area contributed by atoms with Crippen molar-refractivity contribution in [2.75, 3.05) is 16.8 Å². The number of imide groups is 2. The van der Waals surface area contributed by atoms with Gasteiger partial charge in [-0.25, -0.2) is 9.69 Å². The monoisotopic (exact) mass is 497 g/mol. The minimum absolute atomic E-state index is 0.191. The smallest absolute Gasteiger partial charge is 0.335 e. The molecule has 0 aromatic heterocycles. The summed E-state index contributed by atoms with van der Waals surface area (Å²) in [5.74, 6) is -1.44. The van der Waals surface area contributed by atoms with E-state index in [1.807, 2.05) is 52.0 Å². The zero-order chi connectivity index (χ0) is 26.7. The van der Waals surface area contributed by atoms with Gasteiger partial charge in [0.1, 0.15) is 11.3 Å². The molecule has 1 saturated heterocycles. The van der Waals surface area contributed by atoms with Crippen LogP contribution in [0.15, 0.2) is 66.2 Å². The number of carbonyl (C=O) groups excluding carboxylic acids is 4. The predicted molar refractivity (Wildman–Crippen MR) is 141 cm³/mol. The number of urea groups is 1. The molecule has 0 aliphatic carbocycles. The molecule has 0 unspecified atom stereocenters. The quantitative estimate of drug-likeness (QED) is 0.382. The highest BCUT2D eigenvalue weighted by molar-refractivity contribution is 6.39. The number of ether oxygens (including phenoxy) is 1. The van der Waals surface area contributed by atoms with Crippen molar-refractivity contribution >= 4 is 41.2 Å². The van der Waals surface area contributed by atoms with E-state index in [-0.39, 0.29) is 18.1 Å². The van der Waals surface area contributed by atoms with Gasteiger partial charge in [-0.2, -0.15) is 0 Å². The Morgan fingerprint density at radius 2 is 1.65 bits per heavy atom. The number of anilines is 2. The maximum absolute atomic E-state index is 13.2. The third kappa shape index (κ3) is 5.92. The molecule has 0 atom stereocenters. The van der Waals surface area contributed by atoms with E-state index in [0.29, 0.717) is 22.7 Å². The Morgan fingerprint density at radius 1 is 0.919 bits per heavy atom. The molecule has 2 N–H and O–H groups in total.